The summed E-state index contributed by atoms with van der Waals surface area (Å²) < 4.78 is 3.59. The molecule has 3 aromatic carbocycles. The van der Waals surface area contributed by atoms with Gasteiger partial charge in [-0.15, -0.1) is 9.98 Å². The van der Waals surface area contributed by atoms with Gasteiger partial charge in [-0.3, -0.25) is 4.79 Å². The summed E-state index contributed by atoms with van der Waals surface area (Å²) in [5.41, 5.74) is 5.28. The van der Waals surface area contributed by atoms with Crippen LogP contribution in [0.4, 0.5) is 5.95 Å². The van der Waals surface area contributed by atoms with Crippen molar-refractivity contribution in [2.75, 3.05) is 0 Å². The predicted octanol–water partition coefficient (Wildman–Crippen LogP) is 4.23. The van der Waals surface area contributed by atoms with Crippen LogP contribution in [0, 0.1) is 0 Å². The van der Waals surface area contributed by atoms with E-state index < -0.39 is 6.04 Å². The van der Waals surface area contributed by atoms with E-state index in [2.05, 4.69) is 0 Å². The van der Waals surface area contributed by atoms with Crippen LogP contribution in [0.25, 0.3) is 28.3 Å². The quantitative estimate of drug-likeness (QED) is 0.325. The number of rotatable bonds is 4. The van der Waals surface area contributed by atoms with E-state index in [1.54, 1.807) is 4.52 Å². The smallest absolute Gasteiger partial charge is 0.300 e. The summed E-state index contributed by atoms with van der Waals surface area (Å²) in [6.07, 6.45) is 0.906. The SMILES string of the molecule is O=CC1C(c2ccccc2)=Nc2nn3c(-c4ccccc4)cc(-c4ccccc4)nc3[n+]21. The van der Waals surface area contributed by atoms with Crippen LogP contribution < -0.4 is 4.57 Å². The zero-order chi connectivity index (χ0) is 21.5. The fourth-order valence-corrected chi connectivity index (χ4v) is 4.13. The van der Waals surface area contributed by atoms with E-state index in [1.807, 2.05) is 102 Å². The van der Waals surface area contributed by atoms with Crippen molar-refractivity contribution < 1.29 is 9.36 Å². The number of benzene rings is 3. The van der Waals surface area contributed by atoms with Gasteiger partial charge >= 0.3 is 11.7 Å². The van der Waals surface area contributed by atoms with Crippen molar-refractivity contribution in [3.05, 3.63) is 103 Å². The average Bonchev–Trinajstić information content (AvgIpc) is 3.41. The third-order valence-corrected chi connectivity index (χ3v) is 5.65. The van der Waals surface area contributed by atoms with Crippen LogP contribution in [0.2, 0.25) is 0 Å². The van der Waals surface area contributed by atoms with Gasteiger partial charge in [-0.05, 0) is 0 Å². The van der Waals surface area contributed by atoms with Crippen molar-refractivity contribution in [1.82, 2.24) is 14.6 Å². The van der Waals surface area contributed by atoms with Crippen molar-refractivity contribution in [3.8, 4) is 22.5 Å². The molecule has 0 amide bonds. The topological polar surface area (TPSA) is 63.5 Å². The Balaban J connectivity index is 1.63. The van der Waals surface area contributed by atoms with Gasteiger partial charge in [0, 0.05) is 27.9 Å². The van der Waals surface area contributed by atoms with Gasteiger partial charge in [0.05, 0.1) is 0 Å². The van der Waals surface area contributed by atoms with Gasteiger partial charge < -0.3 is 0 Å². The van der Waals surface area contributed by atoms with Crippen LogP contribution in [0.15, 0.2) is 102 Å². The molecule has 0 bridgehead atoms. The Morgan fingerprint density at radius 2 is 1.38 bits per heavy atom. The summed E-state index contributed by atoms with van der Waals surface area (Å²) in [6, 6.07) is 31.2. The highest BCUT2D eigenvalue weighted by Crippen LogP contribution is 2.29. The lowest BCUT2D eigenvalue weighted by atomic mass is 10.0. The molecule has 0 spiro atoms. The van der Waals surface area contributed by atoms with Crippen LogP contribution in [0.3, 0.4) is 0 Å². The summed E-state index contributed by atoms with van der Waals surface area (Å²) in [6.45, 7) is 0. The van der Waals surface area contributed by atoms with Gasteiger partial charge in [-0.1, -0.05) is 95.5 Å². The predicted molar refractivity (Wildman–Crippen MR) is 122 cm³/mol. The van der Waals surface area contributed by atoms with E-state index in [1.165, 1.54) is 0 Å². The van der Waals surface area contributed by atoms with Crippen LogP contribution in [0.1, 0.15) is 11.6 Å². The minimum Gasteiger partial charge on any atom is -0.300 e. The zero-order valence-corrected chi connectivity index (χ0v) is 17.0. The van der Waals surface area contributed by atoms with Crippen molar-refractivity contribution in [3.63, 3.8) is 0 Å². The van der Waals surface area contributed by atoms with Gasteiger partial charge in [0.15, 0.2) is 12.3 Å². The molecule has 6 heteroatoms. The zero-order valence-electron chi connectivity index (χ0n) is 17.0. The number of fused-ring (bicyclic) bond motifs is 3. The van der Waals surface area contributed by atoms with E-state index in [9.17, 15) is 4.79 Å². The number of aromatic nitrogens is 4. The van der Waals surface area contributed by atoms with Gasteiger partial charge in [-0.2, -0.15) is 4.57 Å². The molecule has 6 nitrogen and oxygen atoms in total. The second-order valence-electron chi connectivity index (χ2n) is 7.58. The summed E-state index contributed by atoms with van der Waals surface area (Å²) >= 11 is 0. The van der Waals surface area contributed by atoms with Crippen molar-refractivity contribution in [1.29, 1.82) is 0 Å². The minimum atomic E-state index is -0.591. The number of aliphatic imine (C=N–C) groups is 1. The number of hydrogen-bond acceptors (Lipinski definition) is 4. The summed E-state index contributed by atoms with van der Waals surface area (Å²) in [5.74, 6) is 1.04. The fourth-order valence-electron chi connectivity index (χ4n) is 4.13. The Hall–Kier alpha value is -4.45. The molecule has 0 aliphatic carbocycles. The maximum absolute atomic E-state index is 12.2. The molecule has 152 valence electrons. The first-order chi connectivity index (χ1) is 15.8. The molecular weight excluding hydrogens is 398 g/mol. The van der Waals surface area contributed by atoms with E-state index in [-0.39, 0.29) is 0 Å². The average molecular weight is 416 g/mol. The maximum Gasteiger partial charge on any atom is 0.385 e. The van der Waals surface area contributed by atoms with Crippen LogP contribution in [0.5, 0.6) is 0 Å². The van der Waals surface area contributed by atoms with Crippen LogP contribution in [-0.2, 0) is 4.79 Å². The molecule has 0 N–H and O–H groups in total. The molecule has 2 aromatic heterocycles. The molecule has 3 heterocycles. The monoisotopic (exact) mass is 416 g/mol. The largest absolute Gasteiger partial charge is 0.385 e. The standard InChI is InChI=1S/C26H18N5O/c32-17-23-24(20-14-8-3-9-15-20)28-25-29-31-22(19-12-6-2-7-13-19)16-21(27-26(31)30(23)25)18-10-4-1-5-11-18/h1-17,23H/q+1. The first-order valence-corrected chi connectivity index (χ1v) is 10.4. The lowest BCUT2D eigenvalue weighted by Crippen LogP contribution is -2.41. The third kappa shape index (κ3) is 2.85. The fraction of sp³-hybridized carbons (Fsp3) is 0.0385. The van der Waals surface area contributed by atoms with Gasteiger partial charge in [0.25, 0.3) is 0 Å². The Labute approximate surface area is 184 Å². The van der Waals surface area contributed by atoms with Crippen molar-refractivity contribution in [2.45, 2.75) is 6.04 Å². The van der Waals surface area contributed by atoms with E-state index in [0.29, 0.717) is 17.4 Å². The highest BCUT2D eigenvalue weighted by atomic mass is 16.1. The van der Waals surface area contributed by atoms with Gasteiger partial charge in [-0.25, -0.2) is 0 Å². The molecule has 0 fully saturated rings. The molecule has 1 aliphatic heterocycles. The minimum absolute atomic E-state index is 0.468. The molecule has 0 radical (unpaired) electrons. The number of nitrogens with zero attached hydrogens (tertiary/aromatic N) is 5. The second-order valence-corrected chi connectivity index (χ2v) is 7.58. The van der Waals surface area contributed by atoms with Crippen molar-refractivity contribution in [2.24, 2.45) is 4.99 Å². The van der Waals surface area contributed by atoms with E-state index in [4.69, 9.17) is 15.1 Å². The number of carbonyl (C=O) groups excluding carboxylic acids is 1. The number of hydrogen-bond donors (Lipinski definition) is 0. The molecule has 32 heavy (non-hydrogen) atoms. The molecule has 5 aromatic rings. The molecule has 1 aliphatic rings. The van der Waals surface area contributed by atoms with Gasteiger partial charge in [0.1, 0.15) is 17.1 Å². The van der Waals surface area contributed by atoms with Gasteiger partial charge in [0.2, 0.25) is 0 Å². The number of aldehydes is 1. The summed E-state index contributed by atoms with van der Waals surface area (Å²) in [5, 5.41) is 4.75. The Morgan fingerprint density at radius 1 is 0.781 bits per heavy atom. The third-order valence-electron chi connectivity index (χ3n) is 5.65. The molecule has 6 rings (SSSR count). The van der Waals surface area contributed by atoms with E-state index in [0.717, 1.165) is 34.4 Å². The summed E-state index contributed by atoms with van der Waals surface area (Å²) in [4.78, 5) is 21.9. The Bertz CT molecular complexity index is 1480. The Morgan fingerprint density at radius 3 is 2.00 bits per heavy atom. The second kappa shape index (κ2) is 7.35. The van der Waals surface area contributed by atoms with Crippen molar-refractivity contribution >= 4 is 23.7 Å². The lowest BCUT2D eigenvalue weighted by Gasteiger charge is -2.08. The first-order valence-electron chi connectivity index (χ1n) is 10.4. The van der Waals surface area contributed by atoms with Crippen LogP contribution >= 0.6 is 0 Å². The number of carbonyl (C=O) groups is 1. The van der Waals surface area contributed by atoms with E-state index >= 15 is 0 Å². The molecular formula is C26H18N5O+. The molecule has 0 saturated carbocycles. The normalized spacial score (nSPS) is 14.9. The lowest BCUT2D eigenvalue weighted by molar-refractivity contribution is -0.651. The molecule has 0 saturated heterocycles. The highest BCUT2D eigenvalue weighted by Gasteiger charge is 2.39. The Kier molecular flexibility index (Phi) is 4.21. The molecule has 1 unspecified atom stereocenters. The summed E-state index contributed by atoms with van der Waals surface area (Å²) in [7, 11) is 0. The first kappa shape index (κ1) is 18.3. The van der Waals surface area contributed by atoms with Crippen LogP contribution in [-0.4, -0.2) is 26.6 Å². The molecule has 1 atom stereocenters. The maximum atomic E-state index is 12.2. The highest BCUT2D eigenvalue weighted by molar-refractivity contribution is 6.11.